The van der Waals surface area contributed by atoms with Gasteiger partial charge in [-0.05, 0) is 29.6 Å². The third kappa shape index (κ3) is 3.61. The van der Waals surface area contributed by atoms with E-state index >= 15 is 0 Å². The SMILES string of the molecule is COc1cc2nc(-c3cccs3)n(NC(=O)c3c(F)cccc3F)c(=O)c2cc1OC. The zero-order valence-electron chi connectivity index (χ0n) is 16.3. The van der Waals surface area contributed by atoms with Crippen LogP contribution in [0.1, 0.15) is 10.4 Å². The first kappa shape index (κ1) is 20.5. The fourth-order valence-electron chi connectivity index (χ4n) is 3.06. The normalized spacial score (nSPS) is 10.8. The molecule has 2 aromatic heterocycles. The number of hydrogen-bond acceptors (Lipinski definition) is 6. The van der Waals surface area contributed by atoms with Crippen LogP contribution in [0.15, 0.2) is 52.6 Å². The molecule has 2 aromatic carbocycles. The molecule has 4 rings (SSSR count). The standard InChI is InChI=1S/C21H15F2N3O4S/c1-29-15-9-11-14(10-16(15)30-2)24-19(17-7-4-8-31-17)26(21(11)28)25-20(27)18-12(22)5-3-6-13(18)23/h3-10H,1-2H3,(H,25,27). The summed E-state index contributed by atoms with van der Waals surface area (Å²) in [6.45, 7) is 0. The van der Waals surface area contributed by atoms with Gasteiger partial charge in [0.2, 0.25) is 0 Å². The average molecular weight is 443 g/mol. The summed E-state index contributed by atoms with van der Waals surface area (Å²) >= 11 is 1.28. The summed E-state index contributed by atoms with van der Waals surface area (Å²) in [4.78, 5) is 31.0. The lowest BCUT2D eigenvalue weighted by Gasteiger charge is -2.15. The van der Waals surface area contributed by atoms with E-state index in [0.717, 1.165) is 22.9 Å². The molecule has 0 fully saturated rings. The highest BCUT2D eigenvalue weighted by Crippen LogP contribution is 2.31. The Kier molecular flexibility index (Phi) is 5.38. The molecule has 0 aliphatic carbocycles. The maximum absolute atomic E-state index is 14.1. The van der Waals surface area contributed by atoms with Crippen molar-refractivity contribution in [1.29, 1.82) is 0 Å². The molecule has 158 valence electrons. The van der Waals surface area contributed by atoms with Gasteiger partial charge in [-0.1, -0.05) is 12.1 Å². The lowest BCUT2D eigenvalue weighted by molar-refractivity contribution is 0.0999. The largest absolute Gasteiger partial charge is 0.493 e. The van der Waals surface area contributed by atoms with Crippen molar-refractivity contribution in [2.45, 2.75) is 0 Å². The number of methoxy groups -OCH3 is 2. The number of nitrogens with one attached hydrogen (secondary N) is 1. The van der Waals surface area contributed by atoms with Crippen molar-refractivity contribution in [2.24, 2.45) is 0 Å². The molecule has 0 saturated heterocycles. The van der Waals surface area contributed by atoms with Crippen LogP contribution >= 0.6 is 11.3 Å². The molecule has 31 heavy (non-hydrogen) atoms. The molecular weight excluding hydrogens is 428 g/mol. The van der Waals surface area contributed by atoms with E-state index in [1.165, 1.54) is 37.7 Å². The van der Waals surface area contributed by atoms with E-state index in [2.05, 4.69) is 10.4 Å². The number of fused-ring (bicyclic) bond motifs is 1. The van der Waals surface area contributed by atoms with Gasteiger partial charge in [0.25, 0.3) is 11.5 Å². The van der Waals surface area contributed by atoms with Gasteiger partial charge in [-0.25, -0.2) is 13.8 Å². The lowest BCUT2D eigenvalue weighted by Crippen LogP contribution is -2.35. The van der Waals surface area contributed by atoms with Gasteiger partial charge in [0, 0.05) is 6.07 Å². The average Bonchev–Trinajstić information content (AvgIpc) is 3.29. The molecule has 1 amide bonds. The number of halogens is 2. The van der Waals surface area contributed by atoms with Gasteiger partial charge in [0.05, 0.1) is 30.0 Å². The Morgan fingerprint density at radius 1 is 1.06 bits per heavy atom. The van der Waals surface area contributed by atoms with Gasteiger partial charge < -0.3 is 9.47 Å². The lowest BCUT2D eigenvalue weighted by atomic mass is 10.2. The number of carbonyl (C=O) groups is 1. The van der Waals surface area contributed by atoms with E-state index in [-0.39, 0.29) is 17.0 Å². The molecule has 10 heteroatoms. The van der Waals surface area contributed by atoms with Gasteiger partial charge in [-0.15, -0.1) is 11.3 Å². The summed E-state index contributed by atoms with van der Waals surface area (Å²) in [5, 5.41) is 1.88. The highest BCUT2D eigenvalue weighted by atomic mass is 32.1. The third-order valence-electron chi connectivity index (χ3n) is 4.52. The van der Waals surface area contributed by atoms with E-state index < -0.39 is 28.7 Å². The number of carbonyl (C=O) groups excluding carboxylic acids is 1. The van der Waals surface area contributed by atoms with E-state index in [9.17, 15) is 18.4 Å². The second kappa shape index (κ2) is 8.15. The Hall–Kier alpha value is -3.79. The first-order valence-electron chi connectivity index (χ1n) is 8.92. The van der Waals surface area contributed by atoms with Gasteiger partial charge in [0.15, 0.2) is 17.3 Å². The molecule has 2 heterocycles. The van der Waals surface area contributed by atoms with Gasteiger partial charge in [-0.2, -0.15) is 4.68 Å². The van der Waals surface area contributed by atoms with E-state index in [0.29, 0.717) is 16.1 Å². The van der Waals surface area contributed by atoms with Crippen LogP contribution in [0.25, 0.3) is 21.6 Å². The van der Waals surface area contributed by atoms with Gasteiger partial charge in [-0.3, -0.25) is 15.0 Å². The molecule has 0 atom stereocenters. The van der Waals surface area contributed by atoms with Crippen molar-refractivity contribution >= 4 is 28.1 Å². The Morgan fingerprint density at radius 3 is 2.35 bits per heavy atom. The number of rotatable bonds is 5. The zero-order valence-corrected chi connectivity index (χ0v) is 17.1. The predicted molar refractivity (Wildman–Crippen MR) is 112 cm³/mol. The van der Waals surface area contributed by atoms with Crippen LogP contribution in [0.4, 0.5) is 8.78 Å². The van der Waals surface area contributed by atoms with Crippen LogP contribution in [0.5, 0.6) is 11.5 Å². The van der Waals surface area contributed by atoms with Crippen LogP contribution in [0, 0.1) is 11.6 Å². The molecular formula is C21H15F2N3O4S. The molecule has 0 saturated carbocycles. The number of ether oxygens (including phenoxy) is 2. The molecule has 0 aliphatic heterocycles. The molecule has 4 aromatic rings. The highest BCUT2D eigenvalue weighted by molar-refractivity contribution is 7.13. The van der Waals surface area contributed by atoms with Crippen LogP contribution in [0.2, 0.25) is 0 Å². The topological polar surface area (TPSA) is 82.5 Å². The monoisotopic (exact) mass is 443 g/mol. The number of benzene rings is 2. The molecule has 1 N–H and O–H groups in total. The minimum Gasteiger partial charge on any atom is -0.493 e. The van der Waals surface area contributed by atoms with E-state index in [1.54, 1.807) is 17.5 Å². The minimum atomic E-state index is -1.13. The number of hydrogen-bond donors (Lipinski definition) is 1. The smallest absolute Gasteiger partial charge is 0.280 e. The third-order valence-corrected chi connectivity index (χ3v) is 5.38. The number of amides is 1. The molecule has 0 bridgehead atoms. The Balaban J connectivity index is 1.94. The second-order valence-electron chi connectivity index (χ2n) is 6.32. The van der Waals surface area contributed by atoms with Gasteiger partial charge >= 0.3 is 0 Å². The number of thiophene rings is 1. The van der Waals surface area contributed by atoms with Crippen LogP contribution in [-0.4, -0.2) is 29.8 Å². The van der Waals surface area contributed by atoms with Crippen molar-refractivity contribution in [3.05, 3.63) is 75.4 Å². The fourth-order valence-corrected chi connectivity index (χ4v) is 3.76. The quantitative estimate of drug-likeness (QED) is 0.507. The van der Waals surface area contributed by atoms with Crippen molar-refractivity contribution in [3.63, 3.8) is 0 Å². The summed E-state index contributed by atoms with van der Waals surface area (Å²) in [7, 11) is 2.87. The summed E-state index contributed by atoms with van der Waals surface area (Å²) < 4.78 is 39.5. The molecule has 0 radical (unpaired) electrons. The highest BCUT2D eigenvalue weighted by Gasteiger charge is 2.22. The second-order valence-corrected chi connectivity index (χ2v) is 7.26. The maximum Gasteiger partial charge on any atom is 0.280 e. The summed E-state index contributed by atoms with van der Waals surface area (Å²) in [6.07, 6.45) is 0. The Morgan fingerprint density at radius 2 is 1.74 bits per heavy atom. The van der Waals surface area contributed by atoms with Gasteiger partial charge in [0.1, 0.15) is 17.2 Å². The van der Waals surface area contributed by atoms with Crippen molar-refractivity contribution in [3.8, 4) is 22.2 Å². The molecule has 7 nitrogen and oxygen atoms in total. The zero-order chi connectivity index (χ0) is 22.1. The summed E-state index contributed by atoms with van der Waals surface area (Å²) in [5.41, 5.74) is 1.12. The molecule has 0 aliphatic rings. The van der Waals surface area contributed by atoms with Crippen LogP contribution < -0.4 is 20.5 Å². The number of nitrogens with zero attached hydrogens (tertiary/aromatic N) is 2. The fraction of sp³-hybridized carbons (Fsp3) is 0.0952. The van der Waals surface area contributed by atoms with Crippen molar-refractivity contribution in [2.75, 3.05) is 19.6 Å². The molecule has 0 spiro atoms. The summed E-state index contributed by atoms with van der Waals surface area (Å²) in [6, 6.07) is 9.46. The van der Waals surface area contributed by atoms with Crippen LogP contribution in [0.3, 0.4) is 0 Å². The van der Waals surface area contributed by atoms with E-state index in [1.807, 2.05) is 0 Å². The predicted octanol–water partition coefficient (Wildman–Crippen LogP) is 3.80. The maximum atomic E-state index is 14.1. The first-order chi connectivity index (χ1) is 14.9. The van der Waals surface area contributed by atoms with Crippen molar-refractivity contribution < 1.29 is 23.0 Å². The van der Waals surface area contributed by atoms with Crippen molar-refractivity contribution in [1.82, 2.24) is 9.66 Å². The van der Waals surface area contributed by atoms with Crippen LogP contribution in [-0.2, 0) is 0 Å². The Bertz CT molecular complexity index is 1330. The Labute approximate surface area is 178 Å². The first-order valence-corrected chi connectivity index (χ1v) is 9.80. The van der Waals surface area contributed by atoms with E-state index in [4.69, 9.17) is 9.47 Å². The number of aromatic nitrogens is 2. The summed E-state index contributed by atoms with van der Waals surface area (Å²) in [5.74, 6) is -2.47. The molecule has 0 unspecified atom stereocenters. The minimum absolute atomic E-state index is 0.102.